The van der Waals surface area contributed by atoms with Gasteiger partial charge >= 0.3 is 0 Å². The normalized spacial score (nSPS) is 11.8. The smallest absolute Gasteiger partial charge is 0.208 e. The highest BCUT2D eigenvalue weighted by molar-refractivity contribution is 7.26. The zero-order valence-corrected chi connectivity index (χ0v) is 19.5. The lowest BCUT2D eigenvalue weighted by Gasteiger charge is -2.07. The molecule has 0 saturated heterocycles. The van der Waals surface area contributed by atoms with E-state index in [1.165, 1.54) is 35.0 Å². The number of aromatic nitrogens is 3. The molecule has 156 valence electrons. The Hall–Kier alpha value is -3.38. The molecular formula is C27H14ClN3S2. The van der Waals surface area contributed by atoms with E-state index in [4.69, 9.17) is 16.6 Å². The summed E-state index contributed by atoms with van der Waals surface area (Å²) in [6, 6.07) is 29.5. The molecule has 3 nitrogen and oxygen atoms in total. The van der Waals surface area contributed by atoms with Gasteiger partial charge in [-0.15, -0.1) is 22.7 Å². The molecule has 7 rings (SSSR count). The van der Waals surface area contributed by atoms with Gasteiger partial charge in [0, 0.05) is 51.5 Å². The summed E-state index contributed by atoms with van der Waals surface area (Å²) in [5.74, 6) is 1.17. The van der Waals surface area contributed by atoms with Crippen LogP contribution >= 0.6 is 34.3 Å². The molecule has 0 amide bonds. The molecule has 0 fully saturated rings. The SMILES string of the molecule is Clc1nc(-c2ccc3sc4ccccc4c3c2)nc(-c2cccc3sc4ccccc4c23)n1. The third-order valence-electron chi connectivity index (χ3n) is 5.89. The maximum atomic E-state index is 6.43. The maximum absolute atomic E-state index is 6.43. The minimum Gasteiger partial charge on any atom is -0.208 e. The third-order valence-corrected chi connectivity index (χ3v) is 8.34. The molecule has 0 saturated carbocycles. The van der Waals surface area contributed by atoms with Gasteiger partial charge in [0.1, 0.15) is 0 Å². The Balaban J connectivity index is 1.45. The first-order chi connectivity index (χ1) is 16.2. The van der Waals surface area contributed by atoms with Crippen LogP contribution in [-0.2, 0) is 0 Å². The fourth-order valence-electron chi connectivity index (χ4n) is 4.43. The second kappa shape index (κ2) is 7.32. The fourth-order valence-corrected chi connectivity index (χ4v) is 6.80. The van der Waals surface area contributed by atoms with Crippen LogP contribution in [0.4, 0.5) is 0 Å². The van der Waals surface area contributed by atoms with Gasteiger partial charge in [-0.3, -0.25) is 0 Å². The lowest BCUT2D eigenvalue weighted by Crippen LogP contribution is -1.97. The zero-order chi connectivity index (χ0) is 21.9. The van der Waals surface area contributed by atoms with Crippen molar-refractivity contribution >= 4 is 74.6 Å². The van der Waals surface area contributed by atoms with Gasteiger partial charge in [-0.25, -0.2) is 4.98 Å². The number of halogens is 1. The highest BCUT2D eigenvalue weighted by Crippen LogP contribution is 2.40. The van der Waals surface area contributed by atoms with Crippen molar-refractivity contribution in [3.05, 3.63) is 90.2 Å². The molecule has 0 aliphatic carbocycles. The van der Waals surface area contributed by atoms with Gasteiger partial charge in [0.2, 0.25) is 5.28 Å². The Bertz CT molecular complexity index is 1850. The van der Waals surface area contributed by atoms with E-state index in [2.05, 4.69) is 88.8 Å². The summed E-state index contributed by atoms with van der Waals surface area (Å²) in [5.41, 5.74) is 1.90. The molecule has 0 aliphatic rings. The van der Waals surface area contributed by atoms with Crippen LogP contribution in [-0.4, -0.2) is 15.0 Å². The molecule has 0 spiro atoms. The summed E-state index contributed by atoms with van der Waals surface area (Å²) in [6.45, 7) is 0. The molecule has 0 N–H and O–H groups in total. The van der Waals surface area contributed by atoms with E-state index in [-0.39, 0.29) is 5.28 Å². The highest BCUT2D eigenvalue weighted by Gasteiger charge is 2.16. The molecule has 4 aromatic carbocycles. The molecule has 7 aromatic rings. The molecule has 0 aliphatic heterocycles. The Morgan fingerprint density at radius 3 is 2.09 bits per heavy atom. The largest absolute Gasteiger partial charge is 0.226 e. The van der Waals surface area contributed by atoms with Gasteiger partial charge in [0.25, 0.3) is 0 Å². The van der Waals surface area contributed by atoms with Crippen LogP contribution in [0.5, 0.6) is 0 Å². The first kappa shape index (κ1) is 19.1. The van der Waals surface area contributed by atoms with Crippen LogP contribution in [0.2, 0.25) is 5.28 Å². The van der Waals surface area contributed by atoms with E-state index >= 15 is 0 Å². The molecule has 0 bridgehead atoms. The zero-order valence-electron chi connectivity index (χ0n) is 17.1. The average Bonchev–Trinajstić information content (AvgIpc) is 3.41. The number of fused-ring (bicyclic) bond motifs is 6. The first-order valence-corrected chi connectivity index (χ1v) is 12.5. The summed E-state index contributed by atoms with van der Waals surface area (Å²) in [6.07, 6.45) is 0. The molecule has 0 atom stereocenters. The minimum atomic E-state index is 0.196. The highest BCUT2D eigenvalue weighted by atomic mass is 35.5. The van der Waals surface area contributed by atoms with E-state index in [0.717, 1.165) is 16.5 Å². The second-order valence-electron chi connectivity index (χ2n) is 7.84. The van der Waals surface area contributed by atoms with Crippen molar-refractivity contribution in [3.63, 3.8) is 0 Å². The van der Waals surface area contributed by atoms with Crippen LogP contribution in [0.3, 0.4) is 0 Å². The van der Waals surface area contributed by atoms with Gasteiger partial charge in [0.05, 0.1) is 0 Å². The van der Waals surface area contributed by atoms with E-state index in [1.54, 1.807) is 22.7 Å². The summed E-state index contributed by atoms with van der Waals surface area (Å²) >= 11 is 10.00. The average molecular weight is 480 g/mol. The summed E-state index contributed by atoms with van der Waals surface area (Å²) in [5, 5.41) is 5.01. The van der Waals surface area contributed by atoms with E-state index in [1.807, 2.05) is 6.07 Å². The number of rotatable bonds is 2. The lowest BCUT2D eigenvalue weighted by molar-refractivity contribution is 1.07. The van der Waals surface area contributed by atoms with E-state index in [9.17, 15) is 0 Å². The van der Waals surface area contributed by atoms with Crippen LogP contribution in [0.25, 0.3) is 63.1 Å². The van der Waals surface area contributed by atoms with Crippen molar-refractivity contribution in [2.24, 2.45) is 0 Å². The number of thiophene rings is 2. The van der Waals surface area contributed by atoms with Gasteiger partial charge < -0.3 is 0 Å². The molecule has 3 aromatic heterocycles. The van der Waals surface area contributed by atoms with Gasteiger partial charge in [-0.2, -0.15) is 9.97 Å². The number of hydrogen-bond donors (Lipinski definition) is 0. The maximum Gasteiger partial charge on any atom is 0.226 e. The minimum absolute atomic E-state index is 0.196. The summed E-state index contributed by atoms with van der Waals surface area (Å²) < 4.78 is 4.97. The van der Waals surface area contributed by atoms with Crippen molar-refractivity contribution in [1.82, 2.24) is 15.0 Å². The number of benzene rings is 4. The Morgan fingerprint density at radius 2 is 1.21 bits per heavy atom. The van der Waals surface area contributed by atoms with Crippen molar-refractivity contribution in [3.8, 4) is 22.8 Å². The standard InChI is InChI=1S/C27H14ClN3S2/c28-27-30-25(15-12-13-22-19(14-15)16-6-1-3-9-20(16)32-22)29-26(31-27)18-8-5-11-23-24(18)17-7-2-4-10-21(17)33-23/h1-14H. The molecule has 33 heavy (non-hydrogen) atoms. The molecular weight excluding hydrogens is 466 g/mol. The topological polar surface area (TPSA) is 38.7 Å². The first-order valence-electron chi connectivity index (χ1n) is 10.5. The van der Waals surface area contributed by atoms with Gasteiger partial charge in [-0.1, -0.05) is 48.5 Å². The van der Waals surface area contributed by atoms with Crippen molar-refractivity contribution in [2.75, 3.05) is 0 Å². The molecule has 3 heterocycles. The monoisotopic (exact) mass is 479 g/mol. The molecule has 6 heteroatoms. The lowest BCUT2D eigenvalue weighted by atomic mass is 10.1. The number of nitrogens with zero attached hydrogens (tertiary/aromatic N) is 3. The Labute approximate surface area is 202 Å². The Morgan fingerprint density at radius 1 is 0.545 bits per heavy atom. The van der Waals surface area contributed by atoms with Crippen molar-refractivity contribution in [2.45, 2.75) is 0 Å². The Kier molecular flexibility index (Phi) is 4.24. The predicted octanol–water partition coefficient (Wildman–Crippen LogP) is 8.59. The van der Waals surface area contributed by atoms with Crippen molar-refractivity contribution < 1.29 is 0 Å². The van der Waals surface area contributed by atoms with Gasteiger partial charge in [-0.05, 0) is 48.0 Å². The predicted molar refractivity (Wildman–Crippen MR) is 141 cm³/mol. The van der Waals surface area contributed by atoms with Crippen LogP contribution in [0, 0.1) is 0 Å². The van der Waals surface area contributed by atoms with Crippen molar-refractivity contribution in [1.29, 1.82) is 0 Å². The third kappa shape index (κ3) is 3.04. The number of hydrogen-bond acceptors (Lipinski definition) is 5. The molecule has 0 radical (unpaired) electrons. The summed E-state index contributed by atoms with van der Waals surface area (Å²) in [4.78, 5) is 13.9. The van der Waals surface area contributed by atoms with Gasteiger partial charge in [0.15, 0.2) is 11.6 Å². The second-order valence-corrected chi connectivity index (χ2v) is 10.3. The quantitative estimate of drug-likeness (QED) is 0.249. The van der Waals surface area contributed by atoms with Crippen LogP contribution in [0.1, 0.15) is 0 Å². The molecule has 0 unspecified atom stereocenters. The van der Waals surface area contributed by atoms with E-state index < -0.39 is 0 Å². The van der Waals surface area contributed by atoms with Crippen LogP contribution in [0.15, 0.2) is 84.9 Å². The van der Waals surface area contributed by atoms with E-state index in [0.29, 0.717) is 11.6 Å². The van der Waals surface area contributed by atoms with Crippen LogP contribution < -0.4 is 0 Å². The summed E-state index contributed by atoms with van der Waals surface area (Å²) in [7, 11) is 0. The fraction of sp³-hybridized carbons (Fsp3) is 0.